The minimum Gasteiger partial charge on any atom is -0.481 e. The highest BCUT2D eigenvalue weighted by molar-refractivity contribution is 7.10. The van der Waals surface area contributed by atoms with Crippen LogP contribution in [0.4, 0.5) is 15.5 Å². The molecule has 8 heteroatoms. The van der Waals surface area contributed by atoms with Gasteiger partial charge in [0, 0.05) is 17.2 Å². The van der Waals surface area contributed by atoms with Gasteiger partial charge in [0.1, 0.15) is 5.00 Å². The van der Waals surface area contributed by atoms with E-state index in [0.29, 0.717) is 16.3 Å². The molecule has 0 saturated heterocycles. The zero-order chi connectivity index (χ0) is 13.7. The average Bonchev–Trinajstić information content (AvgIpc) is 2.83. The Morgan fingerprint density at radius 3 is 2.53 bits per heavy atom. The number of aromatic nitrogens is 2. The zero-order valence-corrected chi connectivity index (χ0v) is 10.5. The van der Waals surface area contributed by atoms with Gasteiger partial charge in [0.2, 0.25) is 0 Å². The Morgan fingerprint density at radius 2 is 1.95 bits per heavy atom. The van der Waals surface area contributed by atoms with Crippen LogP contribution in [0.3, 0.4) is 0 Å². The van der Waals surface area contributed by atoms with Crippen LogP contribution in [0.1, 0.15) is 5.56 Å². The number of benzene rings is 1. The van der Waals surface area contributed by atoms with Crippen molar-refractivity contribution in [3.05, 3.63) is 36.0 Å². The van der Waals surface area contributed by atoms with Gasteiger partial charge in [0.15, 0.2) is 0 Å². The van der Waals surface area contributed by atoms with Gasteiger partial charge in [-0.15, -0.1) is 5.10 Å². The highest BCUT2D eigenvalue weighted by Gasteiger charge is 2.05. The molecule has 0 radical (unpaired) electrons. The van der Waals surface area contributed by atoms with Crippen molar-refractivity contribution in [1.82, 2.24) is 9.59 Å². The summed E-state index contributed by atoms with van der Waals surface area (Å²) >= 11 is 1.07. The third kappa shape index (κ3) is 4.03. The molecule has 0 saturated carbocycles. The van der Waals surface area contributed by atoms with Gasteiger partial charge < -0.3 is 10.4 Å². The number of urea groups is 1. The highest BCUT2D eigenvalue weighted by Crippen LogP contribution is 2.12. The number of nitrogens with one attached hydrogen (secondary N) is 2. The van der Waals surface area contributed by atoms with Crippen LogP contribution in [0.5, 0.6) is 0 Å². The van der Waals surface area contributed by atoms with Crippen molar-refractivity contribution in [2.45, 2.75) is 6.42 Å². The Balaban J connectivity index is 1.92. The van der Waals surface area contributed by atoms with E-state index >= 15 is 0 Å². The summed E-state index contributed by atoms with van der Waals surface area (Å²) in [7, 11) is 0. The number of nitrogens with zero attached hydrogens (tertiary/aromatic N) is 2. The van der Waals surface area contributed by atoms with Crippen LogP contribution < -0.4 is 10.6 Å². The molecule has 0 bridgehead atoms. The van der Waals surface area contributed by atoms with E-state index in [9.17, 15) is 9.59 Å². The Morgan fingerprint density at radius 1 is 1.21 bits per heavy atom. The lowest BCUT2D eigenvalue weighted by Gasteiger charge is -2.06. The van der Waals surface area contributed by atoms with Gasteiger partial charge in [-0.2, -0.15) is 0 Å². The van der Waals surface area contributed by atoms with Gasteiger partial charge >= 0.3 is 12.0 Å². The summed E-state index contributed by atoms with van der Waals surface area (Å²) in [6.07, 6.45) is 1.40. The van der Waals surface area contributed by atoms with Crippen molar-refractivity contribution in [3.63, 3.8) is 0 Å². The number of aliphatic carboxylic acids is 1. The van der Waals surface area contributed by atoms with Crippen molar-refractivity contribution in [3.8, 4) is 0 Å². The first kappa shape index (κ1) is 13.0. The summed E-state index contributed by atoms with van der Waals surface area (Å²) in [5, 5.41) is 17.9. The van der Waals surface area contributed by atoms with Crippen molar-refractivity contribution in [2.75, 3.05) is 10.6 Å². The van der Waals surface area contributed by atoms with E-state index in [1.807, 2.05) is 0 Å². The third-order valence-electron chi connectivity index (χ3n) is 2.17. The van der Waals surface area contributed by atoms with Crippen molar-refractivity contribution in [2.24, 2.45) is 0 Å². The van der Waals surface area contributed by atoms with Crippen LogP contribution >= 0.6 is 11.5 Å². The number of carboxylic acid groups (broad SMARTS) is 1. The molecule has 1 aromatic carbocycles. The average molecular weight is 278 g/mol. The molecule has 0 atom stereocenters. The number of carbonyl (C=O) groups is 2. The zero-order valence-electron chi connectivity index (χ0n) is 9.66. The molecule has 19 heavy (non-hydrogen) atoms. The van der Waals surface area contributed by atoms with E-state index < -0.39 is 12.0 Å². The maximum absolute atomic E-state index is 11.6. The summed E-state index contributed by atoms with van der Waals surface area (Å²) in [6.45, 7) is 0. The summed E-state index contributed by atoms with van der Waals surface area (Å²) in [5.74, 6) is -0.892. The van der Waals surface area contributed by atoms with E-state index in [-0.39, 0.29) is 6.42 Å². The van der Waals surface area contributed by atoms with Crippen molar-refractivity contribution in [1.29, 1.82) is 0 Å². The van der Waals surface area contributed by atoms with E-state index in [1.54, 1.807) is 24.3 Å². The molecule has 0 aliphatic rings. The van der Waals surface area contributed by atoms with Crippen LogP contribution in [0.15, 0.2) is 30.5 Å². The Bertz CT molecular complexity index is 568. The SMILES string of the molecule is O=C(O)Cc1ccc(NC(=O)Nc2cnns2)cc1. The Kier molecular flexibility index (Phi) is 4.04. The van der Waals surface area contributed by atoms with Crippen LogP contribution in [-0.4, -0.2) is 26.7 Å². The Labute approximate surface area is 112 Å². The predicted molar refractivity (Wildman–Crippen MR) is 70.3 cm³/mol. The molecule has 7 nitrogen and oxygen atoms in total. The second-order valence-corrected chi connectivity index (χ2v) is 4.41. The fraction of sp³-hybridized carbons (Fsp3) is 0.0909. The number of carboxylic acids is 1. The molecule has 3 N–H and O–H groups in total. The lowest BCUT2D eigenvalue weighted by Crippen LogP contribution is -2.18. The molecule has 2 amide bonds. The van der Waals surface area contributed by atoms with Gasteiger partial charge in [-0.25, -0.2) is 4.79 Å². The molecule has 2 aromatic rings. The highest BCUT2D eigenvalue weighted by atomic mass is 32.1. The van der Waals surface area contributed by atoms with Crippen LogP contribution in [0.25, 0.3) is 0 Å². The topological polar surface area (TPSA) is 104 Å². The van der Waals surface area contributed by atoms with Crippen molar-refractivity contribution >= 4 is 34.2 Å². The molecule has 0 fully saturated rings. The number of amides is 2. The van der Waals surface area contributed by atoms with Crippen LogP contribution in [-0.2, 0) is 11.2 Å². The second kappa shape index (κ2) is 5.91. The lowest BCUT2D eigenvalue weighted by molar-refractivity contribution is -0.136. The molecule has 0 aliphatic heterocycles. The lowest BCUT2D eigenvalue weighted by atomic mass is 10.1. The largest absolute Gasteiger partial charge is 0.481 e. The number of hydrogen-bond donors (Lipinski definition) is 3. The molecule has 1 heterocycles. The summed E-state index contributed by atoms with van der Waals surface area (Å²) in [6, 6.07) is 6.18. The first-order valence-electron chi connectivity index (χ1n) is 5.29. The van der Waals surface area contributed by atoms with Gasteiger partial charge in [-0.3, -0.25) is 10.1 Å². The number of anilines is 2. The number of hydrogen-bond acceptors (Lipinski definition) is 5. The Hall–Kier alpha value is -2.48. The standard InChI is InChI=1S/C11H10N4O3S/c16-10(17)5-7-1-3-8(4-2-7)13-11(18)14-9-6-12-15-19-9/h1-4,6H,5H2,(H,16,17)(H2,13,14,18). The summed E-state index contributed by atoms with van der Waals surface area (Å²) in [4.78, 5) is 22.1. The normalized spacial score (nSPS) is 9.89. The van der Waals surface area contributed by atoms with Gasteiger partial charge in [-0.05, 0) is 17.7 Å². The predicted octanol–water partition coefficient (Wildman–Crippen LogP) is 1.81. The van der Waals surface area contributed by atoms with Gasteiger partial charge in [0.05, 0.1) is 12.6 Å². The third-order valence-corrected chi connectivity index (χ3v) is 2.75. The first-order chi connectivity index (χ1) is 9.13. The maximum atomic E-state index is 11.6. The van der Waals surface area contributed by atoms with Crippen molar-refractivity contribution < 1.29 is 14.7 Å². The molecule has 2 rings (SSSR count). The molecule has 0 aliphatic carbocycles. The second-order valence-electron chi connectivity index (χ2n) is 3.63. The fourth-order valence-electron chi connectivity index (χ4n) is 1.38. The van der Waals surface area contributed by atoms with Gasteiger partial charge in [0.25, 0.3) is 0 Å². The van der Waals surface area contributed by atoms with E-state index in [4.69, 9.17) is 5.11 Å². The number of carbonyl (C=O) groups excluding carboxylic acids is 1. The molecule has 0 unspecified atom stereocenters. The fourth-order valence-corrected chi connectivity index (χ4v) is 1.79. The van der Waals surface area contributed by atoms with E-state index in [0.717, 1.165) is 11.5 Å². The van der Waals surface area contributed by atoms with E-state index in [2.05, 4.69) is 20.2 Å². The van der Waals surface area contributed by atoms with Crippen LogP contribution in [0, 0.1) is 0 Å². The summed E-state index contributed by atoms with van der Waals surface area (Å²) < 4.78 is 3.62. The molecule has 0 spiro atoms. The van der Waals surface area contributed by atoms with Crippen LogP contribution in [0.2, 0.25) is 0 Å². The minimum atomic E-state index is -0.892. The molecule has 1 aromatic heterocycles. The molecular formula is C11H10N4O3S. The smallest absolute Gasteiger partial charge is 0.324 e. The molecular weight excluding hydrogens is 268 g/mol. The van der Waals surface area contributed by atoms with E-state index in [1.165, 1.54) is 6.20 Å². The monoisotopic (exact) mass is 278 g/mol. The number of rotatable bonds is 4. The quantitative estimate of drug-likeness (QED) is 0.791. The molecule has 98 valence electrons. The minimum absolute atomic E-state index is 0.0426. The van der Waals surface area contributed by atoms with Gasteiger partial charge in [-0.1, -0.05) is 16.6 Å². The first-order valence-corrected chi connectivity index (χ1v) is 6.07. The maximum Gasteiger partial charge on any atom is 0.324 e. The summed E-state index contributed by atoms with van der Waals surface area (Å²) in [5.41, 5.74) is 1.24.